The summed E-state index contributed by atoms with van der Waals surface area (Å²) in [5.41, 5.74) is 1.65. The van der Waals surface area contributed by atoms with Crippen molar-refractivity contribution in [2.75, 3.05) is 81.6 Å². The maximum absolute atomic E-state index is 3.40. The maximum Gasteiger partial charge on any atom is 0.0351 e. The van der Waals surface area contributed by atoms with Crippen molar-refractivity contribution in [3.8, 4) is 0 Å². The predicted molar refractivity (Wildman–Crippen MR) is 112 cm³/mol. The Labute approximate surface area is 166 Å². The maximum atomic E-state index is 3.40. The summed E-state index contributed by atoms with van der Waals surface area (Å²) in [6, 6.07) is 0. The lowest BCUT2D eigenvalue weighted by molar-refractivity contribution is 0.351. The van der Waals surface area contributed by atoms with Crippen molar-refractivity contribution in [1.82, 2.24) is 30.7 Å². The van der Waals surface area contributed by atoms with Crippen LogP contribution in [0.25, 0.3) is 0 Å². The number of piperidine rings is 3. The lowest BCUT2D eigenvalue weighted by Crippen LogP contribution is -2.34. The van der Waals surface area contributed by atoms with Crippen LogP contribution in [-0.2, 0) is 0 Å². The lowest BCUT2D eigenvalue weighted by Gasteiger charge is -2.14. The van der Waals surface area contributed by atoms with Crippen molar-refractivity contribution in [2.45, 2.75) is 35.9 Å². The fourth-order valence-electron chi connectivity index (χ4n) is 6.36. The second-order valence-electron chi connectivity index (χ2n) is 10.5. The average Bonchev–Trinajstić information content (AvgIpc) is 3.55. The van der Waals surface area contributed by atoms with E-state index in [0.29, 0.717) is 16.6 Å². The summed E-state index contributed by atoms with van der Waals surface area (Å²) in [6.07, 6.45) is 4.23. The molecule has 3 saturated carbocycles. The van der Waals surface area contributed by atoms with E-state index in [4.69, 9.17) is 0 Å². The molecule has 3 saturated heterocycles. The number of likely N-dealkylation sites (N-methyl/N-ethyl adjacent to an activating group) is 6. The van der Waals surface area contributed by atoms with Crippen molar-refractivity contribution >= 4 is 0 Å². The van der Waals surface area contributed by atoms with E-state index in [1.807, 2.05) is 0 Å². The van der Waals surface area contributed by atoms with Crippen LogP contribution in [0.2, 0.25) is 0 Å². The van der Waals surface area contributed by atoms with E-state index in [-0.39, 0.29) is 0 Å². The third-order valence-corrected chi connectivity index (χ3v) is 8.44. The van der Waals surface area contributed by atoms with Crippen LogP contribution < -0.4 is 16.0 Å². The summed E-state index contributed by atoms with van der Waals surface area (Å²) in [5.74, 6) is 2.90. The van der Waals surface area contributed by atoms with E-state index in [1.165, 1.54) is 58.5 Å². The molecule has 0 amide bonds. The minimum atomic E-state index is 0.550. The van der Waals surface area contributed by atoms with Gasteiger partial charge in [0.05, 0.1) is 0 Å². The Morgan fingerprint density at radius 1 is 0.556 bits per heavy atom. The Morgan fingerprint density at radius 3 is 0.926 bits per heavy atom. The van der Waals surface area contributed by atoms with E-state index in [2.05, 4.69) is 72.9 Å². The van der Waals surface area contributed by atoms with Gasteiger partial charge in [-0.05, 0) is 79.3 Å². The van der Waals surface area contributed by atoms with E-state index < -0.39 is 0 Å². The molecule has 0 aromatic rings. The lowest BCUT2D eigenvalue weighted by atomic mass is 10.2. The van der Waals surface area contributed by atoms with Crippen molar-refractivity contribution in [3.05, 3.63) is 0 Å². The van der Waals surface area contributed by atoms with Crippen LogP contribution in [0.4, 0.5) is 0 Å². The van der Waals surface area contributed by atoms with Crippen LogP contribution in [0.3, 0.4) is 0 Å². The molecular formula is C21H42N6. The Hall–Kier alpha value is -0.240. The van der Waals surface area contributed by atoms with Crippen molar-refractivity contribution in [1.29, 1.82) is 0 Å². The van der Waals surface area contributed by atoms with Gasteiger partial charge in [0.25, 0.3) is 0 Å². The number of likely N-dealkylation sites (tertiary alicyclic amines) is 3. The summed E-state index contributed by atoms with van der Waals surface area (Å²) in [6.45, 7) is 7.69. The molecule has 0 bridgehead atoms. The normalized spacial score (nSPS) is 49.3. The zero-order chi connectivity index (χ0) is 19.4. The molecule has 27 heavy (non-hydrogen) atoms. The number of rotatable bonds is 3. The van der Waals surface area contributed by atoms with E-state index in [0.717, 1.165) is 17.8 Å². The molecule has 6 rings (SSSR count). The molecule has 3 heterocycles. The Morgan fingerprint density at radius 2 is 0.815 bits per heavy atom. The molecule has 3 aliphatic carbocycles. The van der Waals surface area contributed by atoms with Gasteiger partial charge in [-0.25, -0.2) is 0 Å². The highest BCUT2D eigenvalue weighted by molar-refractivity contribution is 5.17. The van der Waals surface area contributed by atoms with Gasteiger partial charge in [0.1, 0.15) is 0 Å². The molecule has 6 atom stereocenters. The van der Waals surface area contributed by atoms with Gasteiger partial charge in [-0.15, -0.1) is 0 Å². The number of hydrogen-bond acceptors (Lipinski definition) is 6. The van der Waals surface area contributed by atoms with Gasteiger partial charge in [0.2, 0.25) is 0 Å². The molecule has 0 aromatic heterocycles. The van der Waals surface area contributed by atoms with Gasteiger partial charge in [-0.2, -0.15) is 0 Å². The van der Waals surface area contributed by atoms with Crippen molar-refractivity contribution in [2.24, 2.45) is 17.8 Å². The third kappa shape index (κ3) is 3.69. The first-order valence-electron chi connectivity index (χ1n) is 10.9. The second kappa shape index (κ2) is 6.92. The summed E-state index contributed by atoms with van der Waals surface area (Å²) >= 11 is 0. The first-order chi connectivity index (χ1) is 12.8. The molecule has 0 aromatic carbocycles. The fourth-order valence-corrected chi connectivity index (χ4v) is 6.36. The van der Waals surface area contributed by atoms with E-state index >= 15 is 0 Å². The van der Waals surface area contributed by atoms with E-state index in [9.17, 15) is 0 Å². The van der Waals surface area contributed by atoms with Crippen LogP contribution in [0, 0.1) is 17.8 Å². The summed E-state index contributed by atoms with van der Waals surface area (Å²) in [7, 11) is 12.8. The van der Waals surface area contributed by atoms with Crippen LogP contribution >= 0.6 is 0 Å². The summed E-state index contributed by atoms with van der Waals surface area (Å²) in [5, 5.41) is 10.2. The van der Waals surface area contributed by atoms with Gasteiger partial charge in [0.15, 0.2) is 0 Å². The topological polar surface area (TPSA) is 45.8 Å². The monoisotopic (exact) mass is 378 g/mol. The highest BCUT2D eigenvalue weighted by atomic mass is 15.3. The molecule has 3 N–H and O–H groups in total. The summed E-state index contributed by atoms with van der Waals surface area (Å²) in [4.78, 5) is 7.22. The molecular weight excluding hydrogens is 336 g/mol. The predicted octanol–water partition coefficient (Wildman–Crippen LogP) is -0.270. The van der Waals surface area contributed by atoms with Crippen LogP contribution in [0.15, 0.2) is 0 Å². The molecule has 6 aliphatic rings. The number of hydrogen-bond donors (Lipinski definition) is 3. The van der Waals surface area contributed by atoms with Crippen LogP contribution in [0.5, 0.6) is 0 Å². The number of fused-ring (bicyclic) bond motifs is 3. The Bertz CT molecular complexity index is 469. The zero-order valence-electron chi connectivity index (χ0n) is 18.4. The number of nitrogens with zero attached hydrogens (tertiary/aromatic N) is 3. The molecule has 6 nitrogen and oxygen atoms in total. The van der Waals surface area contributed by atoms with Gasteiger partial charge >= 0.3 is 0 Å². The smallest absolute Gasteiger partial charge is 0.0351 e. The van der Waals surface area contributed by atoms with Crippen LogP contribution in [-0.4, -0.2) is 113 Å². The average molecular weight is 379 g/mol. The summed E-state index contributed by atoms with van der Waals surface area (Å²) < 4.78 is 0. The zero-order valence-corrected chi connectivity index (χ0v) is 18.4. The fraction of sp³-hybridized carbons (Fsp3) is 1.00. The number of nitrogens with one attached hydrogen (secondary N) is 3. The molecule has 0 radical (unpaired) electrons. The molecule has 2 unspecified atom stereocenters. The SMILES string of the molecule is CNC12CC1CN(C)C2.CN[C@@]12C[C@@H]1CN(C)C2.CN[C@]12C[C@H]1CN(C)C2. The Kier molecular flexibility index (Phi) is 5.14. The molecule has 0 spiro atoms. The van der Waals surface area contributed by atoms with Gasteiger partial charge < -0.3 is 30.7 Å². The third-order valence-electron chi connectivity index (χ3n) is 8.44. The molecule has 6 heteroatoms. The quantitative estimate of drug-likeness (QED) is 0.629. The highest BCUT2D eigenvalue weighted by Crippen LogP contribution is 2.49. The minimum Gasteiger partial charge on any atom is -0.313 e. The Balaban J connectivity index is 0.0000001000. The molecule has 3 aliphatic heterocycles. The van der Waals surface area contributed by atoms with Crippen LogP contribution in [0.1, 0.15) is 19.3 Å². The van der Waals surface area contributed by atoms with E-state index in [1.54, 1.807) is 0 Å². The first-order valence-corrected chi connectivity index (χ1v) is 10.9. The van der Waals surface area contributed by atoms with Crippen molar-refractivity contribution < 1.29 is 0 Å². The van der Waals surface area contributed by atoms with Gasteiger partial charge in [-0.1, -0.05) is 0 Å². The molecule has 6 fully saturated rings. The highest BCUT2D eigenvalue weighted by Gasteiger charge is 2.59. The standard InChI is InChI=1S/3C7H14N2/c3*1-8-7-3-6(7)4-9(2)5-7/h3*6,8H,3-5H2,1-2H3/t2*6-,7-;/m10./s1. The molecule has 156 valence electrons. The second-order valence-corrected chi connectivity index (χ2v) is 10.5. The van der Waals surface area contributed by atoms with Gasteiger partial charge in [0, 0.05) is 55.9 Å². The largest absolute Gasteiger partial charge is 0.313 e. The van der Waals surface area contributed by atoms with Crippen molar-refractivity contribution in [3.63, 3.8) is 0 Å². The first kappa shape index (κ1) is 20.0. The minimum absolute atomic E-state index is 0.550. The van der Waals surface area contributed by atoms with Gasteiger partial charge in [-0.3, -0.25) is 0 Å².